The fourth-order valence-corrected chi connectivity index (χ4v) is 2.92. The number of hydrogen-bond acceptors (Lipinski definition) is 4. The van der Waals surface area contributed by atoms with Gasteiger partial charge in [0.2, 0.25) is 0 Å². The third-order valence-corrected chi connectivity index (χ3v) is 4.31. The molecule has 2 rings (SSSR count). The minimum atomic E-state index is -0.934. The van der Waals surface area contributed by atoms with Crippen LogP contribution in [0.5, 0.6) is 5.75 Å². The fraction of sp³-hybridized carbons (Fsp3) is 0.214. The van der Waals surface area contributed by atoms with E-state index in [0.717, 1.165) is 5.75 Å². The zero-order chi connectivity index (χ0) is 13.7. The molecule has 1 aromatic carbocycles. The number of thioether (sulfide) groups is 1. The summed E-state index contributed by atoms with van der Waals surface area (Å²) in [6.45, 7) is 2.55. The lowest BCUT2D eigenvalue weighted by molar-refractivity contribution is 0.0698. The molecule has 1 aromatic heterocycles. The lowest BCUT2D eigenvalue weighted by atomic mass is 10.2. The summed E-state index contributed by atoms with van der Waals surface area (Å²) in [6.07, 6.45) is 0. The van der Waals surface area contributed by atoms with Crippen LogP contribution in [0.1, 0.15) is 15.2 Å². The average molecular weight is 294 g/mol. The van der Waals surface area contributed by atoms with Crippen LogP contribution in [-0.2, 0) is 0 Å². The Morgan fingerprint density at radius 3 is 2.74 bits per heavy atom. The normalized spacial score (nSPS) is 10.4. The molecule has 0 amide bonds. The van der Waals surface area contributed by atoms with Gasteiger partial charge in [-0.3, -0.25) is 0 Å². The third kappa shape index (κ3) is 4.01. The predicted octanol–water partition coefficient (Wildman–Crippen LogP) is 3.93. The Morgan fingerprint density at radius 1 is 1.32 bits per heavy atom. The number of aryl methyl sites for hydroxylation is 1. The molecule has 1 heterocycles. The molecule has 0 aliphatic heterocycles. The van der Waals surface area contributed by atoms with Crippen molar-refractivity contribution in [3.63, 3.8) is 0 Å². The Bertz CT molecular complexity index is 546. The van der Waals surface area contributed by atoms with Gasteiger partial charge < -0.3 is 9.84 Å². The maximum absolute atomic E-state index is 10.9. The van der Waals surface area contributed by atoms with Crippen LogP contribution in [0.15, 0.2) is 40.6 Å². The molecule has 0 saturated heterocycles. The molecule has 3 nitrogen and oxygen atoms in total. The summed E-state index contributed by atoms with van der Waals surface area (Å²) in [5.74, 6) is 0.316. The molecule has 1 N–H and O–H groups in total. The molecule has 0 saturated carbocycles. The Hall–Kier alpha value is -1.46. The van der Waals surface area contributed by atoms with Gasteiger partial charge in [0.1, 0.15) is 5.75 Å². The first-order chi connectivity index (χ1) is 9.16. The Balaban J connectivity index is 1.79. The molecule has 100 valence electrons. The van der Waals surface area contributed by atoms with Gasteiger partial charge >= 0.3 is 5.97 Å². The van der Waals surface area contributed by atoms with Gasteiger partial charge in [-0.1, -0.05) is 17.7 Å². The number of aromatic carboxylic acids is 1. The Morgan fingerprint density at radius 2 is 2.05 bits per heavy atom. The van der Waals surface area contributed by atoms with E-state index < -0.39 is 5.97 Å². The molecule has 0 bridgehead atoms. The Labute approximate surface area is 120 Å². The van der Waals surface area contributed by atoms with Crippen molar-refractivity contribution in [2.45, 2.75) is 11.8 Å². The topological polar surface area (TPSA) is 46.5 Å². The van der Waals surface area contributed by atoms with Crippen molar-refractivity contribution in [3.8, 4) is 5.75 Å². The molecule has 0 aliphatic rings. The first-order valence-corrected chi connectivity index (χ1v) is 7.66. The molecule has 19 heavy (non-hydrogen) atoms. The van der Waals surface area contributed by atoms with Crippen molar-refractivity contribution in [1.29, 1.82) is 0 Å². The smallest absolute Gasteiger partial charge is 0.349 e. The molecular formula is C14H14O3S2. The number of thiophene rings is 1. The second kappa shape index (κ2) is 6.63. The van der Waals surface area contributed by atoms with E-state index in [1.54, 1.807) is 23.2 Å². The molecular weight excluding hydrogens is 280 g/mol. The van der Waals surface area contributed by atoms with Gasteiger partial charge in [-0.15, -0.1) is 23.1 Å². The van der Waals surface area contributed by atoms with Crippen molar-refractivity contribution >= 4 is 29.1 Å². The van der Waals surface area contributed by atoms with Gasteiger partial charge in [0, 0.05) is 10.6 Å². The van der Waals surface area contributed by atoms with E-state index in [1.165, 1.54) is 21.8 Å². The molecule has 0 spiro atoms. The van der Waals surface area contributed by atoms with Crippen molar-refractivity contribution < 1.29 is 14.6 Å². The zero-order valence-corrected chi connectivity index (χ0v) is 12.1. The molecule has 0 atom stereocenters. The summed E-state index contributed by atoms with van der Waals surface area (Å²) in [7, 11) is 0. The number of carboxylic acid groups (broad SMARTS) is 1. The van der Waals surface area contributed by atoms with E-state index in [-0.39, 0.29) is 4.88 Å². The summed E-state index contributed by atoms with van der Waals surface area (Å²) < 4.78 is 5.49. The molecule has 0 unspecified atom stereocenters. The van der Waals surface area contributed by atoms with Crippen molar-refractivity contribution in [1.82, 2.24) is 0 Å². The predicted molar refractivity (Wildman–Crippen MR) is 78.7 cm³/mol. The summed E-state index contributed by atoms with van der Waals surface area (Å²) in [5.41, 5.74) is 1.24. The largest absolute Gasteiger partial charge is 0.491 e. The first kappa shape index (κ1) is 14.0. The standard InChI is InChI=1S/C14H14O3S2/c1-10-2-4-11(5-3-10)18-9-7-17-12-6-8-19-13(12)14(15)16/h2-6,8H,7,9H2,1H3,(H,15,16). The number of rotatable bonds is 6. The van der Waals surface area contributed by atoms with Crippen LogP contribution in [0.2, 0.25) is 0 Å². The van der Waals surface area contributed by atoms with Crippen molar-refractivity contribution in [3.05, 3.63) is 46.2 Å². The minimum absolute atomic E-state index is 0.264. The van der Waals surface area contributed by atoms with Gasteiger partial charge in [-0.05, 0) is 30.5 Å². The van der Waals surface area contributed by atoms with Crippen LogP contribution in [0.25, 0.3) is 0 Å². The second-order valence-electron chi connectivity index (χ2n) is 3.93. The maximum atomic E-state index is 10.9. The molecule has 0 radical (unpaired) electrons. The highest BCUT2D eigenvalue weighted by Crippen LogP contribution is 2.25. The highest BCUT2D eigenvalue weighted by molar-refractivity contribution is 7.99. The number of carbonyl (C=O) groups is 1. The monoisotopic (exact) mass is 294 g/mol. The SMILES string of the molecule is Cc1ccc(SCCOc2ccsc2C(=O)O)cc1. The fourth-order valence-electron chi connectivity index (χ4n) is 1.51. The quantitative estimate of drug-likeness (QED) is 0.648. The summed E-state index contributed by atoms with van der Waals surface area (Å²) in [5, 5.41) is 10.7. The van der Waals surface area contributed by atoms with Crippen LogP contribution in [0.3, 0.4) is 0 Å². The lowest BCUT2D eigenvalue weighted by Gasteiger charge is -2.05. The van der Waals surface area contributed by atoms with E-state index in [2.05, 4.69) is 31.2 Å². The maximum Gasteiger partial charge on any atom is 0.349 e. The highest BCUT2D eigenvalue weighted by atomic mass is 32.2. The van der Waals surface area contributed by atoms with Crippen LogP contribution in [0.4, 0.5) is 0 Å². The number of ether oxygens (including phenoxy) is 1. The lowest BCUT2D eigenvalue weighted by Crippen LogP contribution is -2.03. The van der Waals surface area contributed by atoms with Gasteiger partial charge in [0.05, 0.1) is 6.61 Å². The van der Waals surface area contributed by atoms with E-state index in [0.29, 0.717) is 12.4 Å². The Kier molecular flexibility index (Phi) is 4.87. The van der Waals surface area contributed by atoms with Crippen LogP contribution in [0, 0.1) is 6.92 Å². The summed E-state index contributed by atoms with van der Waals surface area (Å²) in [4.78, 5) is 12.4. The van der Waals surface area contributed by atoms with Crippen LogP contribution >= 0.6 is 23.1 Å². The summed E-state index contributed by atoms with van der Waals surface area (Å²) >= 11 is 2.88. The van der Waals surface area contributed by atoms with E-state index in [9.17, 15) is 4.79 Å². The second-order valence-corrected chi connectivity index (χ2v) is 6.01. The van der Waals surface area contributed by atoms with Crippen molar-refractivity contribution in [2.24, 2.45) is 0 Å². The number of carboxylic acids is 1. The average Bonchev–Trinajstić information content (AvgIpc) is 2.85. The van der Waals surface area contributed by atoms with E-state index in [1.807, 2.05) is 0 Å². The molecule has 5 heteroatoms. The minimum Gasteiger partial charge on any atom is -0.491 e. The van der Waals surface area contributed by atoms with Gasteiger partial charge in [-0.25, -0.2) is 4.79 Å². The van der Waals surface area contributed by atoms with Crippen molar-refractivity contribution in [2.75, 3.05) is 12.4 Å². The van der Waals surface area contributed by atoms with Crippen LogP contribution in [-0.4, -0.2) is 23.4 Å². The zero-order valence-electron chi connectivity index (χ0n) is 10.5. The third-order valence-electron chi connectivity index (χ3n) is 2.45. The number of hydrogen-bond donors (Lipinski definition) is 1. The van der Waals surface area contributed by atoms with Gasteiger partial charge in [0.15, 0.2) is 4.88 Å². The van der Waals surface area contributed by atoms with Gasteiger partial charge in [0.25, 0.3) is 0 Å². The molecule has 2 aromatic rings. The van der Waals surface area contributed by atoms with Gasteiger partial charge in [-0.2, -0.15) is 0 Å². The van der Waals surface area contributed by atoms with E-state index in [4.69, 9.17) is 9.84 Å². The first-order valence-electron chi connectivity index (χ1n) is 5.80. The molecule has 0 aliphatic carbocycles. The highest BCUT2D eigenvalue weighted by Gasteiger charge is 2.12. The number of benzene rings is 1. The summed E-state index contributed by atoms with van der Waals surface area (Å²) in [6, 6.07) is 10.0. The van der Waals surface area contributed by atoms with E-state index >= 15 is 0 Å². The van der Waals surface area contributed by atoms with Crippen LogP contribution < -0.4 is 4.74 Å². The molecule has 0 fully saturated rings.